The molecule has 0 amide bonds. The maximum atomic E-state index is 5.27. The van der Waals surface area contributed by atoms with E-state index in [1.54, 1.807) is 20.8 Å². The van der Waals surface area contributed by atoms with Gasteiger partial charge in [0.1, 0.15) is 18.3 Å². The van der Waals surface area contributed by atoms with Gasteiger partial charge in [-0.2, -0.15) is 0 Å². The summed E-state index contributed by atoms with van der Waals surface area (Å²) in [7, 11) is -0.955. The quantitative estimate of drug-likeness (QED) is 0.493. The molecule has 0 heterocycles. The molecule has 0 spiro atoms. The Morgan fingerprint density at radius 3 is 1.19 bits per heavy atom. The summed E-state index contributed by atoms with van der Waals surface area (Å²) in [6.07, 6.45) is 14.2. The molecule has 3 unspecified atom stereocenters. The van der Waals surface area contributed by atoms with Crippen molar-refractivity contribution in [3.63, 3.8) is 0 Å². The van der Waals surface area contributed by atoms with Crippen LogP contribution in [0.4, 0.5) is 0 Å². The highest BCUT2D eigenvalue weighted by Crippen LogP contribution is 2.04. The maximum absolute atomic E-state index is 5.27. The van der Waals surface area contributed by atoms with E-state index in [2.05, 4.69) is 17.8 Å². The minimum Gasteiger partial charge on any atom is -0.372 e. The van der Waals surface area contributed by atoms with Crippen LogP contribution in [0.2, 0.25) is 0 Å². The first-order chi connectivity index (χ1) is 7.53. The number of rotatable bonds is 6. The average molecular weight is 218 g/mol. The summed E-state index contributed by atoms with van der Waals surface area (Å²) in [5.74, 6) is 7.18. The van der Waals surface area contributed by atoms with Gasteiger partial charge in [0.25, 0.3) is 0 Å². The molecule has 84 valence electrons. The predicted molar refractivity (Wildman–Crippen MR) is 63.9 cm³/mol. The Hall–Kier alpha value is -1.38. The second-order valence-corrected chi connectivity index (χ2v) is 3.12. The van der Waals surface area contributed by atoms with Crippen LogP contribution in [0, 0.1) is 37.0 Å². The molecule has 0 aliphatic carbocycles. The molecule has 0 rings (SSSR count). The fourth-order valence-electron chi connectivity index (χ4n) is 0.714. The number of hydrogen-bond donors (Lipinski definition) is 0. The Morgan fingerprint density at radius 1 is 0.750 bits per heavy atom. The molecule has 0 radical (unpaired) electrons. The van der Waals surface area contributed by atoms with Crippen LogP contribution in [0.25, 0.3) is 0 Å². The lowest BCUT2D eigenvalue weighted by atomic mass is 10.1. The molecule has 0 aliphatic rings. The van der Waals surface area contributed by atoms with Crippen molar-refractivity contribution in [3.05, 3.63) is 0 Å². The van der Waals surface area contributed by atoms with Crippen molar-refractivity contribution in [3.8, 4) is 37.0 Å². The van der Waals surface area contributed by atoms with Gasteiger partial charge in [-0.05, 0) is 20.8 Å². The minimum atomic E-state index is -0.955. The molecule has 0 aromatic rings. The second kappa shape index (κ2) is 7.86. The van der Waals surface area contributed by atoms with Crippen LogP contribution in [-0.2, 0) is 14.0 Å². The predicted octanol–water partition coefficient (Wildman–Crippen LogP) is 1.09. The number of terminal acetylenes is 3. The average Bonchev–Trinajstić information content (AvgIpc) is 2.28. The Labute approximate surface area is 98.0 Å². The normalized spacial score (nSPS) is 15.0. The van der Waals surface area contributed by atoms with Crippen LogP contribution in [0.1, 0.15) is 20.8 Å². The van der Waals surface area contributed by atoms with Gasteiger partial charge >= 0.3 is 7.32 Å². The molecular weight excluding hydrogens is 203 g/mol. The van der Waals surface area contributed by atoms with E-state index in [0.29, 0.717) is 0 Å². The first-order valence-corrected chi connectivity index (χ1v) is 4.88. The summed E-state index contributed by atoms with van der Waals surface area (Å²) >= 11 is 0. The van der Waals surface area contributed by atoms with E-state index < -0.39 is 25.6 Å². The van der Waals surface area contributed by atoms with Crippen molar-refractivity contribution in [2.75, 3.05) is 0 Å². The van der Waals surface area contributed by atoms with Crippen molar-refractivity contribution in [1.82, 2.24) is 0 Å². The van der Waals surface area contributed by atoms with Gasteiger partial charge < -0.3 is 14.0 Å². The lowest BCUT2D eigenvalue weighted by molar-refractivity contribution is 0.0592. The van der Waals surface area contributed by atoms with Crippen molar-refractivity contribution in [2.45, 2.75) is 39.1 Å². The van der Waals surface area contributed by atoms with Crippen LogP contribution < -0.4 is 0 Å². The molecule has 16 heavy (non-hydrogen) atoms. The zero-order valence-electron chi connectivity index (χ0n) is 9.77. The highest BCUT2D eigenvalue weighted by Gasteiger charge is 2.27. The van der Waals surface area contributed by atoms with E-state index in [1.165, 1.54) is 0 Å². The van der Waals surface area contributed by atoms with E-state index >= 15 is 0 Å². The van der Waals surface area contributed by atoms with Crippen molar-refractivity contribution in [2.24, 2.45) is 0 Å². The van der Waals surface area contributed by atoms with Gasteiger partial charge in [-0.15, -0.1) is 19.3 Å². The lowest BCUT2D eigenvalue weighted by Gasteiger charge is -2.19. The molecule has 4 heteroatoms. The van der Waals surface area contributed by atoms with Gasteiger partial charge in [-0.25, -0.2) is 0 Å². The third-order valence-electron chi connectivity index (χ3n) is 1.65. The smallest absolute Gasteiger partial charge is 0.372 e. The molecule has 0 saturated carbocycles. The molecule has 0 saturated heterocycles. The summed E-state index contributed by atoms with van der Waals surface area (Å²) < 4.78 is 15.8. The van der Waals surface area contributed by atoms with Crippen molar-refractivity contribution in [1.29, 1.82) is 0 Å². The zero-order valence-corrected chi connectivity index (χ0v) is 9.77. The first kappa shape index (κ1) is 14.6. The SMILES string of the molecule is C#CC(C)OB(OC(C)C#C)OC(C)C#C. The number of hydrogen-bond acceptors (Lipinski definition) is 3. The van der Waals surface area contributed by atoms with E-state index in [-0.39, 0.29) is 0 Å². The lowest BCUT2D eigenvalue weighted by Crippen LogP contribution is -2.35. The molecule has 0 aromatic heterocycles. The summed E-state index contributed by atoms with van der Waals surface area (Å²) in [6, 6.07) is 0. The highest BCUT2D eigenvalue weighted by atomic mass is 16.7. The van der Waals surface area contributed by atoms with Crippen LogP contribution in [-0.4, -0.2) is 25.6 Å². The standard InChI is InChI=1S/C12H15BO3/c1-7-10(4)14-13(15-11(5)8-2)16-12(6)9-3/h1-3,10-12H,4-6H3. The fourth-order valence-corrected chi connectivity index (χ4v) is 0.714. The van der Waals surface area contributed by atoms with Gasteiger partial charge in [0.15, 0.2) is 0 Å². The Kier molecular flexibility index (Phi) is 7.18. The maximum Gasteiger partial charge on any atom is 0.642 e. The minimum absolute atomic E-state index is 0.444. The third-order valence-corrected chi connectivity index (χ3v) is 1.65. The van der Waals surface area contributed by atoms with Gasteiger partial charge in [0.2, 0.25) is 0 Å². The van der Waals surface area contributed by atoms with Gasteiger partial charge in [-0.1, -0.05) is 17.8 Å². The molecule has 3 atom stereocenters. The molecule has 0 N–H and O–H groups in total. The first-order valence-electron chi connectivity index (χ1n) is 4.88. The molecule has 3 nitrogen and oxygen atoms in total. The molecule has 0 bridgehead atoms. The van der Waals surface area contributed by atoms with Gasteiger partial charge in [0, 0.05) is 0 Å². The second-order valence-electron chi connectivity index (χ2n) is 3.12. The van der Waals surface area contributed by atoms with Crippen molar-refractivity contribution >= 4 is 7.32 Å². The molecule has 0 aliphatic heterocycles. The van der Waals surface area contributed by atoms with Gasteiger partial charge in [-0.3, -0.25) is 0 Å². The zero-order chi connectivity index (χ0) is 12.6. The van der Waals surface area contributed by atoms with Crippen LogP contribution in [0.5, 0.6) is 0 Å². The highest BCUT2D eigenvalue weighted by molar-refractivity contribution is 6.36. The van der Waals surface area contributed by atoms with E-state index in [4.69, 9.17) is 33.2 Å². The summed E-state index contributed by atoms with van der Waals surface area (Å²) in [5.41, 5.74) is 0. The molecular formula is C12H15BO3. The van der Waals surface area contributed by atoms with Crippen LogP contribution in [0.15, 0.2) is 0 Å². The summed E-state index contributed by atoms with van der Waals surface area (Å²) in [6.45, 7) is 5.09. The molecule has 0 aromatic carbocycles. The Balaban J connectivity index is 4.35. The van der Waals surface area contributed by atoms with E-state index in [1.807, 2.05) is 0 Å². The van der Waals surface area contributed by atoms with Crippen LogP contribution >= 0.6 is 0 Å². The topological polar surface area (TPSA) is 27.7 Å². The van der Waals surface area contributed by atoms with Crippen molar-refractivity contribution < 1.29 is 14.0 Å². The Bertz CT molecular complexity index is 268. The van der Waals surface area contributed by atoms with E-state index in [0.717, 1.165) is 0 Å². The van der Waals surface area contributed by atoms with Crippen LogP contribution in [0.3, 0.4) is 0 Å². The summed E-state index contributed by atoms with van der Waals surface area (Å²) in [5, 5.41) is 0. The monoisotopic (exact) mass is 218 g/mol. The van der Waals surface area contributed by atoms with Gasteiger partial charge in [0.05, 0.1) is 0 Å². The molecule has 0 fully saturated rings. The Morgan fingerprint density at radius 2 is 1.00 bits per heavy atom. The largest absolute Gasteiger partial charge is 0.642 e. The summed E-state index contributed by atoms with van der Waals surface area (Å²) in [4.78, 5) is 0. The fraction of sp³-hybridized carbons (Fsp3) is 0.500. The van der Waals surface area contributed by atoms with E-state index in [9.17, 15) is 0 Å². The third kappa shape index (κ3) is 6.17.